The number of rotatable bonds is 7. The number of hydrogen-bond acceptors (Lipinski definition) is 2. The number of furan rings is 1. The van der Waals surface area contributed by atoms with Crippen LogP contribution in [-0.2, 0) is 10.8 Å². The molecular weight excluding hydrogens is 799 g/mol. The Labute approximate surface area is 385 Å². The number of benzene rings is 10. The molecule has 2 aliphatic carbocycles. The van der Waals surface area contributed by atoms with Crippen molar-refractivity contribution in [3.8, 4) is 44.5 Å². The molecule has 1 aromatic heterocycles. The van der Waals surface area contributed by atoms with E-state index in [9.17, 15) is 0 Å². The normalized spacial score (nSPS) is 13.8. The van der Waals surface area contributed by atoms with E-state index in [2.05, 4.69) is 255 Å². The highest BCUT2D eigenvalue weighted by Gasteiger charge is 2.46. The van der Waals surface area contributed by atoms with Gasteiger partial charge in [0.1, 0.15) is 5.58 Å². The minimum Gasteiger partial charge on any atom is -0.453 e. The second-order valence-electron chi connectivity index (χ2n) is 18.4. The minimum absolute atomic E-state index is 0.147. The molecular formula is C64H45NO. The maximum atomic E-state index is 7.24. The summed E-state index contributed by atoms with van der Waals surface area (Å²) in [6, 6.07) is 86.6. The molecule has 2 nitrogen and oxygen atoms in total. The van der Waals surface area contributed by atoms with Crippen LogP contribution in [0.15, 0.2) is 241 Å². The lowest BCUT2D eigenvalue weighted by Crippen LogP contribution is -2.28. The number of fused-ring (bicyclic) bond motifs is 9. The van der Waals surface area contributed by atoms with Crippen LogP contribution >= 0.6 is 0 Å². The maximum Gasteiger partial charge on any atom is 0.159 e. The van der Waals surface area contributed by atoms with Crippen molar-refractivity contribution >= 4 is 39.0 Å². The molecule has 0 N–H and O–H groups in total. The van der Waals surface area contributed by atoms with Gasteiger partial charge in [-0.05, 0) is 103 Å². The third kappa shape index (κ3) is 5.55. The molecule has 10 aromatic carbocycles. The van der Waals surface area contributed by atoms with Gasteiger partial charge < -0.3 is 9.32 Å². The SMILES string of the molecule is CC1(C)c2ccccc2-c2ccc(N(c3ccc(-c4ccccc4)cc3)c3cccc4c3oc3c(-c5ccc(C6(c7ccccc7)c7ccccc7-c7ccccc76)cc5)cccc34)cc21. The molecule has 0 fully saturated rings. The molecule has 0 bridgehead atoms. The zero-order chi connectivity index (χ0) is 44.0. The highest BCUT2D eigenvalue weighted by Crippen LogP contribution is 2.57. The van der Waals surface area contributed by atoms with Crippen molar-refractivity contribution in [1.29, 1.82) is 0 Å². The third-order valence-electron chi connectivity index (χ3n) is 14.6. The average molecular weight is 844 g/mol. The van der Waals surface area contributed by atoms with E-state index in [1.54, 1.807) is 0 Å². The fraction of sp³-hybridized carbons (Fsp3) is 0.0625. The Morgan fingerprint density at radius 2 is 0.818 bits per heavy atom. The first-order chi connectivity index (χ1) is 32.5. The largest absolute Gasteiger partial charge is 0.453 e. The van der Waals surface area contributed by atoms with Crippen molar-refractivity contribution in [2.24, 2.45) is 0 Å². The summed E-state index contributed by atoms with van der Waals surface area (Å²) in [7, 11) is 0. The number of anilines is 3. The minimum atomic E-state index is -0.453. The van der Waals surface area contributed by atoms with E-state index in [1.807, 2.05) is 0 Å². The molecule has 312 valence electrons. The van der Waals surface area contributed by atoms with Crippen LogP contribution in [0.2, 0.25) is 0 Å². The van der Waals surface area contributed by atoms with Crippen LogP contribution in [0.25, 0.3) is 66.4 Å². The lowest BCUT2D eigenvalue weighted by Gasteiger charge is -2.34. The molecule has 1 heterocycles. The summed E-state index contributed by atoms with van der Waals surface area (Å²) in [4.78, 5) is 2.38. The molecule has 0 saturated heterocycles. The Morgan fingerprint density at radius 1 is 0.333 bits per heavy atom. The fourth-order valence-electron chi connectivity index (χ4n) is 11.5. The Balaban J connectivity index is 0.964. The summed E-state index contributed by atoms with van der Waals surface area (Å²) in [5.74, 6) is 0. The third-order valence-corrected chi connectivity index (χ3v) is 14.6. The Hall–Kier alpha value is -8.20. The van der Waals surface area contributed by atoms with E-state index in [1.165, 1.54) is 66.8 Å². The standard InChI is InChI=1S/C64H45NO/c1-63(2)56-27-12-9-21-50(56)53-40-39-48(41-59(53)63)65(47-37-33-43(34-38-47)42-17-5-3-6-18-42)60-30-16-26-55-54-25-15-24-49(61(54)66-62(55)60)44-31-35-46(36-32-44)64(45-19-7-4-8-20-45)57-28-13-10-22-51(57)52-23-11-14-29-58(52)64/h3-41H,1-2H3. The summed E-state index contributed by atoms with van der Waals surface area (Å²) >= 11 is 0. The van der Waals surface area contributed by atoms with E-state index < -0.39 is 5.41 Å². The predicted molar refractivity (Wildman–Crippen MR) is 274 cm³/mol. The van der Waals surface area contributed by atoms with E-state index in [0.717, 1.165) is 50.1 Å². The second-order valence-corrected chi connectivity index (χ2v) is 18.4. The van der Waals surface area contributed by atoms with Gasteiger partial charge in [0.15, 0.2) is 5.58 Å². The molecule has 0 saturated carbocycles. The van der Waals surface area contributed by atoms with Crippen molar-refractivity contribution in [3.63, 3.8) is 0 Å². The second kappa shape index (κ2) is 14.7. The number of para-hydroxylation sites is 2. The molecule has 0 amide bonds. The maximum absolute atomic E-state index is 7.24. The topological polar surface area (TPSA) is 16.4 Å². The van der Waals surface area contributed by atoms with Gasteiger partial charge in [-0.25, -0.2) is 0 Å². The monoisotopic (exact) mass is 843 g/mol. The van der Waals surface area contributed by atoms with E-state index in [4.69, 9.17) is 4.42 Å². The molecule has 2 aliphatic rings. The molecule has 11 aromatic rings. The van der Waals surface area contributed by atoms with Gasteiger partial charge in [-0.15, -0.1) is 0 Å². The molecule has 0 radical (unpaired) electrons. The van der Waals surface area contributed by atoms with Crippen molar-refractivity contribution in [1.82, 2.24) is 0 Å². The summed E-state index contributed by atoms with van der Waals surface area (Å²) < 4.78 is 7.24. The number of nitrogens with zero attached hydrogens (tertiary/aromatic N) is 1. The van der Waals surface area contributed by atoms with Crippen LogP contribution in [0.3, 0.4) is 0 Å². The lowest BCUT2D eigenvalue weighted by molar-refractivity contribution is 0.660. The van der Waals surface area contributed by atoms with Gasteiger partial charge in [-0.1, -0.05) is 220 Å². The van der Waals surface area contributed by atoms with E-state index in [-0.39, 0.29) is 5.41 Å². The molecule has 0 unspecified atom stereocenters. The first kappa shape index (κ1) is 38.3. The number of hydrogen-bond donors (Lipinski definition) is 0. The molecule has 13 rings (SSSR count). The summed E-state index contributed by atoms with van der Waals surface area (Å²) in [6.07, 6.45) is 0. The molecule has 0 spiro atoms. The van der Waals surface area contributed by atoms with Gasteiger partial charge in [0, 0.05) is 33.1 Å². The summed E-state index contributed by atoms with van der Waals surface area (Å²) in [5, 5.41) is 2.18. The van der Waals surface area contributed by atoms with Gasteiger partial charge in [0.2, 0.25) is 0 Å². The first-order valence-corrected chi connectivity index (χ1v) is 23.0. The van der Waals surface area contributed by atoms with Crippen molar-refractivity contribution in [2.75, 3.05) is 4.90 Å². The van der Waals surface area contributed by atoms with E-state index >= 15 is 0 Å². The van der Waals surface area contributed by atoms with Crippen LogP contribution < -0.4 is 4.90 Å². The summed E-state index contributed by atoms with van der Waals surface area (Å²) in [6.45, 7) is 4.70. The van der Waals surface area contributed by atoms with Crippen LogP contribution in [-0.4, -0.2) is 0 Å². The van der Waals surface area contributed by atoms with Gasteiger partial charge >= 0.3 is 0 Å². The first-order valence-electron chi connectivity index (χ1n) is 23.0. The highest BCUT2D eigenvalue weighted by molar-refractivity contribution is 6.13. The van der Waals surface area contributed by atoms with Gasteiger partial charge in [-0.3, -0.25) is 0 Å². The van der Waals surface area contributed by atoms with Crippen LogP contribution in [0.5, 0.6) is 0 Å². The van der Waals surface area contributed by atoms with Gasteiger partial charge in [0.25, 0.3) is 0 Å². The quantitative estimate of drug-likeness (QED) is 0.159. The van der Waals surface area contributed by atoms with Gasteiger partial charge in [-0.2, -0.15) is 0 Å². The van der Waals surface area contributed by atoms with Gasteiger partial charge in [0.05, 0.1) is 11.1 Å². The highest BCUT2D eigenvalue weighted by atomic mass is 16.3. The average Bonchev–Trinajstić information content (AvgIpc) is 3.99. The Bertz CT molecular complexity index is 3610. The zero-order valence-electron chi connectivity index (χ0n) is 36.9. The van der Waals surface area contributed by atoms with Crippen LogP contribution in [0.4, 0.5) is 17.1 Å². The fourth-order valence-corrected chi connectivity index (χ4v) is 11.5. The molecule has 0 aliphatic heterocycles. The lowest BCUT2D eigenvalue weighted by atomic mass is 9.67. The predicted octanol–water partition coefficient (Wildman–Crippen LogP) is 17.1. The van der Waals surface area contributed by atoms with Crippen LogP contribution in [0.1, 0.15) is 47.2 Å². The Kier molecular flexibility index (Phi) is 8.51. The zero-order valence-corrected chi connectivity index (χ0v) is 36.9. The Morgan fingerprint density at radius 3 is 1.50 bits per heavy atom. The van der Waals surface area contributed by atoms with Crippen molar-refractivity contribution in [3.05, 3.63) is 270 Å². The molecule has 0 atom stereocenters. The molecule has 66 heavy (non-hydrogen) atoms. The van der Waals surface area contributed by atoms with Crippen molar-refractivity contribution in [2.45, 2.75) is 24.7 Å². The smallest absolute Gasteiger partial charge is 0.159 e. The molecule has 2 heteroatoms. The van der Waals surface area contributed by atoms with Crippen molar-refractivity contribution < 1.29 is 4.42 Å². The summed E-state index contributed by atoms with van der Waals surface area (Å²) in [5.41, 5.74) is 21.9. The van der Waals surface area contributed by atoms with Crippen LogP contribution in [0, 0.1) is 0 Å². The van der Waals surface area contributed by atoms with E-state index in [0.29, 0.717) is 0 Å².